The number of aromatic nitrogens is 4. The third-order valence-electron chi connectivity index (χ3n) is 4.51. The second-order valence-electron chi connectivity index (χ2n) is 10.9. The van der Waals surface area contributed by atoms with Crippen LogP contribution < -0.4 is 6.15 Å². The minimum absolute atomic E-state index is 0. The molecule has 0 saturated carbocycles. The molecule has 14 heteroatoms. The van der Waals surface area contributed by atoms with Crippen LogP contribution in [-0.2, 0) is 0 Å². The molecule has 0 aliphatic heterocycles. The maximum absolute atomic E-state index is 12.3. The van der Waals surface area contributed by atoms with Crippen LogP contribution in [0, 0.1) is 23.7 Å². The van der Waals surface area contributed by atoms with Gasteiger partial charge < -0.3 is 35.9 Å². The molecule has 0 bridgehead atoms. The van der Waals surface area contributed by atoms with Gasteiger partial charge in [0, 0.05) is 36.3 Å². The molecular weight excluding hydrogens is 620 g/mol. The second-order valence-corrected chi connectivity index (χ2v) is 10.9. The third kappa shape index (κ3) is 18.9. The molecule has 2 heterocycles. The van der Waals surface area contributed by atoms with Crippen molar-refractivity contribution in [3.05, 3.63) is 72.1 Å². The van der Waals surface area contributed by atoms with Crippen molar-refractivity contribution >= 4 is 18.2 Å². The highest BCUT2D eigenvalue weighted by atomic mass is 16.6. The Balaban J connectivity index is 0. The molecule has 0 fully saturated rings. The fourth-order valence-corrected chi connectivity index (χ4v) is 3.02. The first-order valence-electron chi connectivity index (χ1n) is 14.3. The molecule has 0 spiro atoms. The van der Waals surface area contributed by atoms with Crippen molar-refractivity contribution in [2.75, 3.05) is 14.1 Å². The first kappa shape index (κ1) is 44.3. The number of nitrogens with zero attached hydrogens (tertiary/aromatic N) is 5. The lowest BCUT2D eigenvalue weighted by Crippen LogP contribution is -2.21. The summed E-state index contributed by atoms with van der Waals surface area (Å²) >= 11 is 0. The summed E-state index contributed by atoms with van der Waals surface area (Å²) in [6.07, 6.45) is -0.456. The van der Waals surface area contributed by atoms with Crippen LogP contribution in [0.25, 0.3) is 34.3 Å². The summed E-state index contributed by atoms with van der Waals surface area (Å²) in [7, 11) is 3.43. The van der Waals surface area contributed by atoms with E-state index in [1.165, 1.54) is 4.90 Å². The summed E-state index contributed by atoms with van der Waals surface area (Å²) in [5.74, 6) is 8.20. The molecule has 260 valence electrons. The smallest absolute Gasteiger partial charge is 0.450 e. The van der Waals surface area contributed by atoms with Crippen LogP contribution in [0.15, 0.2) is 65.3 Å². The molecule has 0 aliphatic rings. The van der Waals surface area contributed by atoms with E-state index in [0.29, 0.717) is 28.4 Å². The summed E-state index contributed by atoms with van der Waals surface area (Å²) in [6, 6.07) is 14.9. The SMILES string of the molecule is CC#Cc1cc(C(=O)N(C)C)ccc1-c1cncc(-c2nnc(-c3ccccc3)o2)n1.CC(C)C.CC(C)C.N.O=C(O)O.O=C(O)O. The van der Waals surface area contributed by atoms with Gasteiger partial charge in [0.2, 0.25) is 5.89 Å². The quantitative estimate of drug-likeness (QED) is 0.131. The third-order valence-corrected chi connectivity index (χ3v) is 4.51. The van der Waals surface area contributed by atoms with E-state index >= 15 is 0 Å². The molecule has 7 N–H and O–H groups in total. The lowest BCUT2D eigenvalue weighted by atomic mass is 10.0. The Morgan fingerprint density at radius 3 is 1.73 bits per heavy atom. The Hall–Kier alpha value is -5.81. The van der Waals surface area contributed by atoms with Crippen molar-refractivity contribution in [2.45, 2.75) is 48.5 Å². The molecular formula is C34H46N6O8. The van der Waals surface area contributed by atoms with E-state index in [9.17, 15) is 4.79 Å². The van der Waals surface area contributed by atoms with Crippen molar-refractivity contribution in [1.82, 2.24) is 31.2 Å². The summed E-state index contributed by atoms with van der Waals surface area (Å²) in [5.41, 5.74) is 3.89. The van der Waals surface area contributed by atoms with Crippen molar-refractivity contribution in [1.29, 1.82) is 0 Å². The van der Waals surface area contributed by atoms with Crippen LogP contribution in [-0.4, -0.2) is 77.8 Å². The predicted molar refractivity (Wildman–Crippen MR) is 184 cm³/mol. The van der Waals surface area contributed by atoms with Gasteiger partial charge in [-0.1, -0.05) is 71.7 Å². The maximum Gasteiger partial charge on any atom is 0.503 e. The number of rotatable bonds is 4. The van der Waals surface area contributed by atoms with Gasteiger partial charge in [-0.2, -0.15) is 0 Å². The number of carboxylic acid groups (broad SMARTS) is 4. The van der Waals surface area contributed by atoms with Gasteiger partial charge in [-0.25, -0.2) is 14.6 Å². The van der Waals surface area contributed by atoms with E-state index in [1.54, 1.807) is 45.5 Å². The first-order valence-corrected chi connectivity index (χ1v) is 14.3. The Labute approximate surface area is 281 Å². The molecule has 48 heavy (non-hydrogen) atoms. The number of amides is 1. The largest absolute Gasteiger partial charge is 0.503 e. The zero-order chi connectivity index (χ0) is 36.1. The number of hydrogen-bond donors (Lipinski definition) is 5. The molecule has 0 saturated heterocycles. The van der Waals surface area contributed by atoms with E-state index in [2.05, 4.69) is 73.5 Å². The highest BCUT2D eigenvalue weighted by molar-refractivity contribution is 5.95. The second kappa shape index (κ2) is 23.5. The van der Waals surface area contributed by atoms with Crippen molar-refractivity contribution in [3.8, 4) is 46.1 Å². The zero-order valence-corrected chi connectivity index (χ0v) is 28.8. The lowest BCUT2D eigenvalue weighted by Gasteiger charge is -2.12. The molecule has 4 rings (SSSR count). The minimum atomic E-state index is -1.83. The number of carbonyl (C=O) groups is 3. The summed E-state index contributed by atoms with van der Waals surface area (Å²) < 4.78 is 5.80. The Morgan fingerprint density at radius 1 is 0.771 bits per heavy atom. The molecule has 0 aliphatic carbocycles. The van der Waals surface area contributed by atoms with E-state index in [1.807, 2.05) is 36.4 Å². The molecule has 14 nitrogen and oxygen atoms in total. The van der Waals surface area contributed by atoms with Gasteiger partial charge in [-0.05, 0) is 43.0 Å². The van der Waals surface area contributed by atoms with Gasteiger partial charge in [0.1, 0.15) is 5.69 Å². The fraction of sp³-hybridized carbons (Fsp3) is 0.324. The maximum atomic E-state index is 12.3. The average Bonchev–Trinajstić information content (AvgIpc) is 3.47. The van der Waals surface area contributed by atoms with Crippen LogP contribution in [0.5, 0.6) is 0 Å². The predicted octanol–water partition coefficient (Wildman–Crippen LogP) is 7.87. The molecule has 1 amide bonds. The van der Waals surface area contributed by atoms with Crippen LogP contribution in [0.3, 0.4) is 0 Å². The molecule has 2 aromatic carbocycles. The number of carbonyl (C=O) groups excluding carboxylic acids is 1. The molecule has 4 aromatic rings. The fourth-order valence-electron chi connectivity index (χ4n) is 3.02. The molecule has 0 atom stereocenters. The van der Waals surface area contributed by atoms with Crippen LogP contribution in [0.1, 0.15) is 64.4 Å². The van der Waals surface area contributed by atoms with Gasteiger partial charge in [0.15, 0.2) is 0 Å². The first-order chi connectivity index (χ1) is 22.0. The van der Waals surface area contributed by atoms with E-state index in [-0.39, 0.29) is 17.9 Å². The van der Waals surface area contributed by atoms with Gasteiger partial charge >= 0.3 is 12.3 Å². The minimum Gasteiger partial charge on any atom is -0.450 e. The zero-order valence-electron chi connectivity index (χ0n) is 28.8. The number of hydrogen-bond acceptors (Lipinski definition) is 9. The van der Waals surface area contributed by atoms with Gasteiger partial charge in [-0.3, -0.25) is 9.78 Å². The Kier molecular flexibility index (Phi) is 21.7. The van der Waals surface area contributed by atoms with E-state index < -0.39 is 12.3 Å². The lowest BCUT2D eigenvalue weighted by molar-refractivity contribution is 0.0827. The Morgan fingerprint density at radius 2 is 1.25 bits per heavy atom. The van der Waals surface area contributed by atoms with Gasteiger partial charge in [-0.15, -0.1) is 16.1 Å². The topological polar surface area (TPSA) is 235 Å². The highest BCUT2D eigenvalue weighted by Gasteiger charge is 2.16. The van der Waals surface area contributed by atoms with Crippen LogP contribution in [0.2, 0.25) is 0 Å². The highest BCUT2D eigenvalue weighted by Crippen LogP contribution is 2.26. The molecule has 0 unspecified atom stereocenters. The summed E-state index contributed by atoms with van der Waals surface area (Å²) in [4.78, 5) is 39.9. The summed E-state index contributed by atoms with van der Waals surface area (Å²) in [5, 5.41) is 36.1. The molecule has 2 aromatic heterocycles. The molecule has 0 radical (unpaired) electrons. The van der Waals surface area contributed by atoms with E-state index in [0.717, 1.165) is 23.0 Å². The van der Waals surface area contributed by atoms with Crippen molar-refractivity contribution in [2.24, 2.45) is 11.8 Å². The standard InChI is InChI=1S/C24H19N5O2.2C4H10.2CH2O3.H3N/c1-4-8-17-13-18(24(30)29(2)3)11-12-19(17)20-14-25-15-21(26-20)23-28-27-22(31-23)16-9-6-5-7-10-16;2*1-4(2)3;2*2-1(3)4;/h5-7,9-15H,1-3H3;2*4H,1-3H3;2*(H2,2,3,4);1H3. The van der Waals surface area contributed by atoms with Gasteiger partial charge in [0.25, 0.3) is 11.8 Å². The monoisotopic (exact) mass is 666 g/mol. The van der Waals surface area contributed by atoms with Gasteiger partial charge in [0.05, 0.1) is 18.1 Å². The Bertz CT molecular complexity index is 1580. The van der Waals surface area contributed by atoms with Crippen LogP contribution in [0.4, 0.5) is 9.59 Å². The van der Waals surface area contributed by atoms with E-state index in [4.69, 9.17) is 34.4 Å². The van der Waals surface area contributed by atoms with Crippen molar-refractivity contribution in [3.63, 3.8) is 0 Å². The summed E-state index contributed by atoms with van der Waals surface area (Å²) in [6.45, 7) is 14.7. The normalized spacial score (nSPS) is 9.15. The number of benzene rings is 2. The van der Waals surface area contributed by atoms with Crippen molar-refractivity contribution < 1.29 is 39.2 Å². The van der Waals surface area contributed by atoms with Crippen LogP contribution >= 0.6 is 0 Å². The average molecular weight is 667 g/mol.